The van der Waals surface area contributed by atoms with E-state index in [1.165, 1.54) is 12.1 Å². The first-order chi connectivity index (χ1) is 11.5. The van der Waals surface area contributed by atoms with Crippen LogP contribution in [-0.4, -0.2) is 46.5 Å². The number of piperazine rings is 1. The summed E-state index contributed by atoms with van der Waals surface area (Å²) in [6.45, 7) is 3.66. The Morgan fingerprint density at radius 1 is 0.958 bits per heavy atom. The van der Waals surface area contributed by atoms with Gasteiger partial charge in [0.15, 0.2) is 0 Å². The van der Waals surface area contributed by atoms with Gasteiger partial charge in [-0.2, -0.15) is 0 Å². The lowest BCUT2D eigenvalue weighted by Crippen LogP contribution is -2.44. The first kappa shape index (κ1) is 17.1. The summed E-state index contributed by atoms with van der Waals surface area (Å²) in [4.78, 5) is 4.66. The molecular weight excluding hydrogens is 346 g/mol. The molecule has 2 aromatic rings. The van der Waals surface area contributed by atoms with E-state index in [1.54, 1.807) is 18.2 Å². The van der Waals surface area contributed by atoms with E-state index < -0.39 is 10.0 Å². The second kappa shape index (κ2) is 7.01. The summed E-state index contributed by atoms with van der Waals surface area (Å²) in [6, 6.07) is 13.6. The Hall–Kier alpha value is -1.76. The lowest BCUT2D eigenvalue weighted by atomic mass is 10.2. The number of sulfonamides is 1. The van der Waals surface area contributed by atoms with Crippen LogP contribution < -0.4 is 9.62 Å². The van der Waals surface area contributed by atoms with Crippen molar-refractivity contribution < 1.29 is 8.42 Å². The van der Waals surface area contributed by atoms with Crippen molar-refractivity contribution in [1.82, 2.24) is 4.90 Å². The summed E-state index contributed by atoms with van der Waals surface area (Å²) in [6.07, 6.45) is 0. The summed E-state index contributed by atoms with van der Waals surface area (Å²) in [5.74, 6) is 0. The number of hydrogen-bond acceptors (Lipinski definition) is 4. The minimum atomic E-state index is -3.65. The topological polar surface area (TPSA) is 52.6 Å². The van der Waals surface area contributed by atoms with Gasteiger partial charge in [-0.15, -0.1) is 0 Å². The van der Waals surface area contributed by atoms with E-state index in [2.05, 4.69) is 21.6 Å². The van der Waals surface area contributed by atoms with Crippen LogP contribution in [0.5, 0.6) is 0 Å². The molecule has 128 valence electrons. The average Bonchev–Trinajstić information content (AvgIpc) is 2.56. The molecule has 1 saturated heterocycles. The molecule has 0 amide bonds. The van der Waals surface area contributed by atoms with Crippen LogP contribution in [0.25, 0.3) is 0 Å². The Morgan fingerprint density at radius 3 is 2.25 bits per heavy atom. The quantitative estimate of drug-likeness (QED) is 0.905. The van der Waals surface area contributed by atoms with Crippen LogP contribution in [0.4, 0.5) is 11.4 Å². The van der Waals surface area contributed by atoms with Crippen LogP contribution in [0.2, 0.25) is 5.02 Å². The van der Waals surface area contributed by atoms with Gasteiger partial charge in [0, 0.05) is 31.2 Å². The van der Waals surface area contributed by atoms with Gasteiger partial charge in [0.25, 0.3) is 10.0 Å². The standard InChI is InChI=1S/C17H20ClN3O2S/c1-20-10-12-21(13-11-20)17-5-3-2-4-16(17)19-24(22,23)15-8-6-14(18)7-9-15/h2-9,19H,10-13H2,1H3. The maximum Gasteiger partial charge on any atom is 0.261 e. The van der Waals surface area contributed by atoms with Gasteiger partial charge < -0.3 is 9.80 Å². The second-order valence-electron chi connectivity index (χ2n) is 5.87. The van der Waals surface area contributed by atoms with Crippen molar-refractivity contribution in [2.75, 3.05) is 42.8 Å². The highest BCUT2D eigenvalue weighted by atomic mass is 35.5. The van der Waals surface area contributed by atoms with Crippen molar-refractivity contribution >= 4 is 33.0 Å². The molecular formula is C17H20ClN3O2S. The van der Waals surface area contributed by atoms with Gasteiger partial charge in [0.1, 0.15) is 0 Å². The Morgan fingerprint density at radius 2 is 1.58 bits per heavy atom. The van der Waals surface area contributed by atoms with Gasteiger partial charge in [-0.05, 0) is 43.4 Å². The zero-order chi connectivity index (χ0) is 17.2. The molecule has 0 radical (unpaired) electrons. The predicted molar refractivity (Wildman–Crippen MR) is 98.4 cm³/mol. The summed E-state index contributed by atoms with van der Waals surface area (Å²) in [5.41, 5.74) is 1.50. The number of halogens is 1. The third kappa shape index (κ3) is 3.83. The summed E-state index contributed by atoms with van der Waals surface area (Å²) in [7, 11) is -1.56. The first-order valence-corrected chi connectivity index (χ1v) is 9.63. The van der Waals surface area contributed by atoms with Crippen molar-refractivity contribution in [1.29, 1.82) is 0 Å². The third-order valence-electron chi connectivity index (χ3n) is 4.12. The molecule has 1 aliphatic heterocycles. The fraction of sp³-hybridized carbons (Fsp3) is 0.294. The molecule has 3 rings (SSSR count). The smallest absolute Gasteiger partial charge is 0.261 e. The maximum atomic E-state index is 12.6. The van der Waals surface area contributed by atoms with E-state index in [-0.39, 0.29) is 4.90 Å². The number of nitrogens with one attached hydrogen (secondary N) is 1. The highest BCUT2D eigenvalue weighted by molar-refractivity contribution is 7.92. The normalized spacial score (nSPS) is 16.2. The molecule has 24 heavy (non-hydrogen) atoms. The zero-order valence-electron chi connectivity index (χ0n) is 13.4. The highest BCUT2D eigenvalue weighted by Crippen LogP contribution is 2.29. The van der Waals surface area contributed by atoms with Crippen molar-refractivity contribution in [3.63, 3.8) is 0 Å². The van der Waals surface area contributed by atoms with Gasteiger partial charge in [-0.3, -0.25) is 4.72 Å². The Balaban J connectivity index is 1.86. The van der Waals surface area contributed by atoms with Crippen molar-refractivity contribution in [3.8, 4) is 0 Å². The average molecular weight is 366 g/mol. The molecule has 0 spiro atoms. The summed E-state index contributed by atoms with van der Waals surface area (Å²) in [5, 5.41) is 0.506. The Kier molecular flexibility index (Phi) is 4.99. The maximum absolute atomic E-state index is 12.6. The number of nitrogens with zero attached hydrogens (tertiary/aromatic N) is 2. The van der Waals surface area contributed by atoms with Crippen molar-refractivity contribution in [2.45, 2.75) is 4.90 Å². The van der Waals surface area contributed by atoms with E-state index in [0.29, 0.717) is 10.7 Å². The molecule has 0 aliphatic carbocycles. The molecule has 0 bridgehead atoms. The van der Waals surface area contributed by atoms with Crippen LogP contribution in [0.3, 0.4) is 0 Å². The molecule has 2 aromatic carbocycles. The van der Waals surface area contributed by atoms with E-state index in [0.717, 1.165) is 31.9 Å². The number of anilines is 2. The van der Waals surface area contributed by atoms with Gasteiger partial charge in [-0.25, -0.2) is 8.42 Å². The number of likely N-dealkylation sites (N-methyl/N-ethyl adjacent to an activating group) is 1. The van der Waals surface area contributed by atoms with E-state index >= 15 is 0 Å². The van der Waals surface area contributed by atoms with Gasteiger partial charge in [-0.1, -0.05) is 23.7 Å². The number of hydrogen-bond donors (Lipinski definition) is 1. The lowest BCUT2D eigenvalue weighted by molar-refractivity contribution is 0.313. The van der Waals surface area contributed by atoms with Gasteiger partial charge in [0.05, 0.1) is 16.3 Å². The van der Waals surface area contributed by atoms with Gasteiger partial charge >= 0.3 is 0 Å². The van der Waals surface area contributed by atoms with E-state index in [4.69, 9.17) is 11.6 Å². The largest absolute Gasteiger partial charge is 0.367 e. The molecule has 0 unspecified atom stereocenters. The molecule has 7 heteroatoms. The van der Waals surface area contributed by atoms with E-state index in [1.807, 2.05) is 18.2 Å². The van der Waals surface area contributed by atoms with Crippen LogP contribution in [0.1, 0.15) is 0 Å². The summed E-state index contributed by atoms with van der Waals surface area (Å²) >= 11 is 5.83. The molecule has 1 N–H and O–H groups in total. The van der Waals surface area contributed by atoms with Crippen molar-refractivity contribution in [2.24, 2.45) is 0 Å². The predicted octanol–water partition coefficient (Wildman–Crippen LogP) is 2.89. The minimum Gasteiger partial charge on any atom is -0.367 e. The molecule has 0 aromatic heterocycles. The van der Waals surface area contributed by atoms with Crippen LogP contribution in [0, 0.1) is 0 Å². The minimum absolute atomic E-state index is 0.195. The SMILES string of the molecule is CN1CCN(c2ccccc2NS(=O)(=O)c2ccc(Cl)cc2)CC1. The molecule has 1 heterocycles. The Labute approximate surface area is 147 Å². The molecule has 5 nitrogen and oxygen atoms in total. The monoisotopic (exact) mass is 365 g/mol. The fourth-order valence-electron chi connectivity index (χ4n) is 2.70. The van der Waals surface area contributed by atoms with E-state index in [9.17, 15) is 8.42 Å². The lowest BCUT2D eigenvalue weighted by Gasteiger charge is -2.35. The highest BCUT2D eigenvalue weighted by Gasteiger charge is 2.20. The molecule has 1 aliphatic rings. The summed E-state index contributed by atoms with van der Waals surface area (Å²) < 4.78 is 27.9. The Bertz CT molecular complexity index is 801. The fourth-order valence-corrected chi connectivity index (χ4v) is 3.90. The number of rotatable bonds is 4. The van der Waals surface area contributed by atoms with Crippen LogP contribution in [-0.2, 0) is 10.0 Å². The first-order valence-electron chi connectivity index (χ1n) is 7.77. The second-order valence-corrected chi connectivity index (χ2v) is 7.99. The number of benzene rings is 2. The van der Waals surface area contributed by atoms with Crippen molar-refractivity contribution in [3.05, 3.63) is 53.6 Å². The van der Waals surface area contributed by atoms with Crippen LogP contribution in [0.15, 0.2) is 53.4 Å². The molecule has 0 saturated carbocycles. The molecule has 1 fully saturated rings. The van der Waals surface area contributed by atoms with Gasteiger partial charge in [0.2, 0.25) is 0 Å². The zero-order valence-corrected chi connectivity index (χ0v) is 15.0. The molecule has 0 atom stereocenters. The third-order valence-corrected chi connectivity index (χ3v) is 5.75. The number of para-hydroxylation sites is 2. The van der Waals surface area contributed by atoms with Crippen LogP contribution >= 0.6 is 11.6 Å².